The van der Waals surface area contributed by atoms with Crippen LogP contribution in [0, 0.1) is 5.92 Å². The van der Waals surface area contributed by atoms with Crippen molar-refractivity contribution in [3.05, 3.63) is 62.5 Å². The first-order valence-electron chi connectivity index (χ1n) is 10.4. The molecule has 2 aromatic rings. The Hall–Kier alpha value is -2.27. The molecule has 0 amide bonds. The quantitative estimate of drug-likeness (QED) is 0.630. The predicted octanol–water partition coefficient (Wildman–Crippen LogP) is 5.08. The highest BCUT2D eigenvalue weighted by atomic mass is 35.5. The van der Waals surface area contributed by atoms with Crippen LogP contribution in [0.1, 0.15) is 73.6 Å². The van der Waals surface area contributed by atoms with Gasteiger partial charge >= 0.3 is 5.97 Å². The fourth-order valence-corrected chi connectivity index (χ4v) is 4.68. The summed E-state index contributed by atoms with van der Waals surface area (Å²) >= 11 is 6.38. The third-order valence-electron chi connectivity index (χ3n) is 6.11. The third-order valence-corrected chi connectivity index (χ3v) is 6.40. The molecule has 2 aliphatic rings. The molecule has 1 heterocycles. The number of nitrogens with one attached hydrogen (secondary N) is 1. The van der Waals surface area contributed by atoms with Gasteiger partial charge in [0.05, 0.1) is 5.02 Å². The van der Waals surface area contributed by atoms with Gasteiger partial charge in [0.15, 0.2) is 6.61 Å². The van der Waals surface area contributed by atoms with Gasteiger partial charge in [0.25, 0.3) is 5.56 Å². The number of benzene rings is 1. The van der Waals surface area contributed by atoms with Crippen molar-refractivity contribution in [1.82, 2.24) is 4.98 Å². The smallest absolute Gasteiger partial charge is 0.341 e. The molecule has 2 fully saturated rings. The number of hydrogen-bond donors (Lipinski definition) is 2. The van der Waals surface area contributed by atoms with E-state index in [0.29, 0.717) is 22.6 Å². The summed E-state index contributed by atoms with van der Waals surface area (Å²) in [6, 6.07) is 9.52. The molecule has 6 heteroatoms. The Kier molecular flexibility index (Phi) is 5.95. The van der Waals surface area contributed by atoms with Crippen molar-refractivity contribution in [3.8, 4) is 5.75 Å². The Morgan fingerprint density at radius 1 is 1.17 bits per heavy atom. The molecule has 2 saturated carbocycles. The highest BCUT2D eigenvalue weighted by Gasteiger charge is 2.28. The fraction of sp³-hybridized carbons (Fsp3) is 0.478. The van der Waals surface area contributed by atoms with Gasteiger partial charge in [-0.15, -0.1) is 0 Å². The fourth-order valence-electron chi connectivity index (χ4n) is 4.43. The number of H-pyrrole nitrogens is 1. The van der Waals surface area contributed by atoms with Crippen LogP contribution in [-0.4, -0.2) is 22.7 Å². The Bertz CT molecular complexity index is 944. The lowest BCUT2D eigenvalue weighted by atomic mass is 9.85. The molecule has 0 radical (unpaired) electrons. The normalized spacial score (nSPS) is 18.0. The molecular weight excluding hydrogens is 390 g/mol. The summed E-state index contributed by atoms with van der Waals surface area (Å²) in [4.78, 5) is 26.5. The number of rotatable bonds is 8. The number of ether oxygens (including phenoxy) is 1. The topological polar surface area (TPSA) is 79.4 Å². The summed E-state index contributed by atoms with van der Waals surface area (Å²) in [5.41, 5.74) is 2.85. The molecule has 0 spiro atoms. The Labute approximate surface area is 175 Å². The number of pyridine rings is 1. The molecule has 29 heavy (non-hydrogen) atoms. The van der Waals surface area contributed by atoms with E-state index in [1.54, 1.807) is 6.07 Å². The second-order valence-electron chi connectivity index (χ2n) is 8.28. The molecule has 1 unspecified atom stereocenters. The summed E-state index contributed by atoms with van der Waals surface area (Å²) in [6.45, 7) is -0.430. The molecule has 2 N–H and O–H groups in total. The summed E-state index contributed by atoms with van der Waals surface area (Å²) in [5.74, 6) is 0.409. The summed E-state index contributed by atoms with van der Waals surface area (Å²) in [7, 11) is 0. The second kappa shape index (κ2) is 8.62. The standard InChI is InChI=1S/C23H26ClNO4/c24-19-12-16(7-10-21(19)29-13-22(26)27)18(11-14-3-1-2-4-14)20-9-8-17(15-5-6-15)23(28)25-20/h7-10,12,14-15,18H,1-6,11,13H2,(H,25,28)(H,26,27). The first-order chi connectivity index (χ1) is 14.0. The molecular formula is C23H26ClNO4. The maximum Gasteiger partial charge on any atom is 0.341 e. The van der Waals surface area contributed by atoms with Gasteiger partial charge in [0.1, 0.15) is 5.75 Å². The number of aromatic amines is 1. The number of carboxylic acid groups (broad SMARTS) is 1. The number of aromatic nitrogens is 1. The van der Waals surface area contributed by atoms with Crippen molar-refractivity contribution >= 4 is 17.6 Å². The van der Waals surface area contributed by atoms with Crippen LogP contribution >= 0.6 is 11.6 Å². The van der Waals surface area contributed by atoms with Gasteiger partial charge in [-0.25, -0.2) is 4.79 Å². The average molecular weight is 416 g/mol. The molecule has 0 aliphatic heterocycles. The van der Waals surface area contributed by atoms with E-state index in [2.05, 4.69) is 11.1 Å². The first-order valence-corrected chi connectivity index (χ1v) is 10.8. The number of aliphatic carboxylic acids is 1. The Balaban J connectivity index is 1.63. The molecule has 2 aliphatic carbocycles. The van der Waals surface area contributed by atoms with Crippen LogP contribution in [0.3, 0.4) is 0 Å². The van der Waals surface area contributed by atoms with Gasteiger partial charge < -0.3 is 14.8 Å². The van der Waals surface area contributed by atoms with Gasteiger partial charge in [-0.1, -0.05) is 49.4 Å². The van der Waals surface area contributed by atoms with E-state index < -0.39 is 12.6 Å². The number of carbonyl (C=O) groups is 1. The third kappa shape index (κ3) is 4.84. The number of hydrogen-bond acceptors (Lipinski definition) is 3. The van der Waals surface area contributed by atoms with Gasteiger partial charge in [-0.3, -0.25) is 4.79 Å². The minimum Gasteiger partial charge on any atom is -0.480 e. The van der Waals surface area contributed by atoms with Crippen molar-refractivity contribution < 1.29 is 14.6 Å². The molecule has 5 nitrogen and oxygen atoms in total. The maximum absolute atomic E-state index is 12.6. The molecule has 1 atom stereocenters. The molecule has 1 aromatic carbocycles. The molecule has 0 saturated heterocycles. The minimum absolute atomic E-state index is 0.0222. The van der Waals surface area contributed by atoms with E-state index in [1.807, 2.05) is 18.2 Å². The van der Waals surface area contributed by atoms with E-state index in [0.717, 1.165) is 36.1 Å². The Morgan fingerprint density at radius 3 is 2.55 bits per heavy atom. The van der Waals surface area contributed by atoms with E-state index in [9.17, 15) is 9.59 Å². The van der Waals surface area contributed by atoms with Gasteiger partial charge in [-0.05, 0) is 54.9 Å². The zero-order valence-electron chi connectivity index (χ0n) is 16.3. The highest BCUT2D eigenvalue weighted by Crippen LogP contribution is 2.41. The largest absolute Gasteiger partial charge is 0.480 e. The lowest BCUT2D eigenvalue weighted by Gasteiger charge is -2.22. The van der Waals surface area contributed by atoms with Crippen LogP contribution in [-0.2, 0) is 4.79 Å². The average Bonchev–Trinajstić information content (AvgIpc) is 3.40. The molecule has 0 bridgehead atoms. The number of carboxylic acids is 1. The predicted molar refractivity (Wildman–Crippen MR) is 112 cm³/mol. The van der Waals surface area contributed by atoms with Crippen LogP contribution in [0.4, 0.5) is 0 Å². The van der Waals surface area contributed by atoms with Gasteiger partial charge in [-0.2, -0.15) is 0 Å². The van der Waals surface area contributed by atoms with Crippen molar-refractivity contribution in [1.29, 1.82) is 0 Å². The monoisotopic (exact) mass is 415 g/mol. The van der Waals surface area contributed by atoms with Crippen LogP contribution in [0.15, 0.2) is 35.1 Å². The van der Waals surface area contributed by atoms with Crippen LogP contribution < -0.4 is 10.3 Å². The van der Waals surface area contributed by atoms with Crippen LogP contribution in [0.25, 0.3) is 0 Å². The SMILES string of the molecule is O=C(O)COc1ccc(C(CC2CCCC2)c2ccc(C3CC3)c(=O)[nH]2)cc1Cl. The van der Waals surface area contributed by atoms with Crippen molar-refractivity contribution in [2.24, 2.45) is 5.92 Å². The van der Waals surface area contributed by atoms with Crippen LogP contribution in [0.2, 0.25) is 5.02 Å². The van der Waals surface area contributed by atoms with Crippen molar-refractivity contribution in [2.45, 2.75) is 56.8 Å². The molecule has 1 aromatic heterocycles. The van der Waals surface area contributed by atoms with E-state index in [-0.39, 0.29) is 11.5 Å². The highest BCUT2D eigenvalue weighted by molar-refractivity contribution is 6.32. The zero-order valence-corrected chi connectivity index (χ0v) is 17.1. The summed E-state index contributed by atoms with van der Waals surface area (Å²) in [6.07, 6.45) is 8.12. The minimum atomic E-state index is -1.04. The maximum atomic E-state index is 12.6. The van der Waals surface area contributed by atoms with Gasteiger partial charge in [0, 0.05) is 17.2 Å². The summed E-state index contributed by atoms with van der Waals surface area (Å²) < 4.78 is 5.25. The van der Waals surface area contributed by atoms with Gasteiger partial charge in [0.2, 0.25) is 0 Å². The van der Waals surface area contributed by atoms with Crippen LogP contribution in [0.5, 0.6) is 5.75 Å². The van der Waals surface area contributed by atoms with E-state index in [1.165, 1.54) is 25.7 Å². The van der Waals surface area contributed by atoms with E-state index >= 15 is 0 Å². The second-order valence-corrected chi connectivity index (χ2v) is 8.69. The first kappa shape index (κ1) is 20.0. The Morgan fingerprint density at radius 2 is 1.93 bits per heavy atom. The van der Waals surface area contributed by atoms with Crippen molar-refractivity contribution in [2.75, 3.05) is 6.61 Å². The molecule has 4 rings (SSSR count). The zero-order chi connectivity index (χ0) is 20.4. The lowest BCUT2D eigenvalue weighted by Crippen LogP contribution is -2.17. The number of halogens is 1. The van der Waals surface area contributed by atoms with E-state index in [4.69, 9.17) is 21.4 Å². The molecule has 154 valence electrons. The lowest BCUT2D eigenvalue weighted by molar-refractivity contribution is -0.139. The summed E-state index contributed by atoms with van der Waals surface area (Å²) in [5, 5.41) is 9.19. The van der Waals surface area contributed by atoms with Crippen molar-refractivity contribution in [3.63, 3.8) is 0 Å².